The summed E-state index contributed by atoms with van der Waals surface area (Å²) in [4.78, 5) is 11.6. The monoisotopic (exact) mass is 273 g/mol. The van der Waals surface area contributed by atoms with Gasteiger partial charge in [-0.05, 0) is 18.6 Å². The molecule has 0 heterocycles. The van der Waals surface area contributed by atoms with Crippen LogP contribution in [-0.2, 0) is 9.47 Å². The van der Waals surface area contributed by atoms with E-state index in [0.717, 1.165) is 18.2 Å². The van der Waals surface area contributed by atoms with Gasteiger partial charge in [0.2, 0.25) is 0 Å². The topological polar surface area (TPSA) is 47.6 Å². The lowest BCUT2D eigenvalue weighted by molar-refractivity contribution is 0.0688. The molecular weight excluding hydrogens is 256 g/mol. The lowest BCUT2D eigenvalue weighted by atomic mass is 10.2. The maximum atomic E-state index is 12.9. The summed E-state index contributed by atoms with van der Waals surface area (Å²) in [6.45, 7) is 1.89. The zero-order valence-electron chi connectivity index (χ0n) is 10.7. The minimum atomic E-state index is -0.770. The summed E-state index contributed by atoms with van der Waals surface area (Å²) < 4.78 is 35.8. The number of carbonyl (C=O) groups excluding carboxylic acids is 1. The molecule has 0 saturated heterocycles. The van der Waals surface area contributed by atoms with Gasteiger partial charge in [-0.25, -0.2) is 8.78 Å². The number of nitrogens with one attached hydrogen (secondary N) is 1. The van der Waals surface area contributed by atoms with Crippen molar-refractivity contribution < 1.29 is 23.0 Å². The van der Waals surface area contributed by atoms with Crippen molar-refractivity contribution in [2.75, 3.05) is 33.5 Å². The Kier molecular flexibility index (Phi) is 6.99. The number of hydrogen-bond donors (Lipinski definition) is 1. The fraction of sp³-hybridized carbons (Fsp3) is 0.462. The highest BCUT2D eigenvalue weighted by Crippen LogP contribution is 2.07. The highest BCUT2D eigenvalue weighted by Gasteiger charge is 2.08. The predicted octanol–water partition coefficient (Wildman–Crippen LogP) is 1.75. The van der Waals surface area contributed by atoms with Crippen molar-refractivity contribution >= 4 is 5.91 Å². The maximum Gasteiger partial charge on any atom is 0.251 e. The molecule has 1 N–H and O–H groups in total. The minimum absolute atomic E-state index is 0.0298. The molecule has 0 spiro atoms. The molecule has 0 aromatic heterocycles. The number of rotatable bonds is 8. The molecular formula is C13H17F2NO3. The van der Waals surface area contributed by atoms with Gasteiger partial charge < -0.3 is 14.8 Å². The van der Waals surface area contributed by atoms with Crippen LogP contribution in [0.25, 0.3) is 0 Å². The van der Waals surface area contributed by atoms with Crippen molar-refractivity contribution in [1.29, 1.82) is 0 Å². The van der Waals surface area contributed by atoms with E-state index >= 15 is 0 Å². The largest absolute Gasteiger partial charge is 0.382 e. The van der Waals surface area contributed by atoms with Crippen LogP contribution in [0, 0.1) is 11.6 Å². The third-order valence-electron chi connectivity index (χ3n) is 2.31. The van der Waals surface area contributed by atoms with Crippen LogP contribution in [0.2, 0.25) is 0 Å². The van der Waals surface area contributed by atoms with Crippen molar-refractivity contribution in [1.82, 2.24) is 5.32 Å². The van der Waals surface area contributed by atoms with Gasteiger partial charge in [-0.2, -0.15) is 0 Å². The number of hydrogen-bond acceptors (Lipinski definition) is 3. The van der Waals surface area contributed by atoms with Gasteiger partial charge in [0.25, 0.3) is 5.91 Å². The SMILES string of the molecule is COCCOCCCNC(=O)c1cc(F)cc(F)c1. The Bertz CT molecular complexity index is 393. The molecule has 0 bridgehead atoms. The molecule has 6 heteroatoms. The van der Waals surface area contributed by atoms with Crippen LogP contribution in [-0.4, -0.2) is 39.4 Å². The van der Waals surface area contributed by atoms with Crippen LogP contribution in [0.1, 0.15) is 16.8 Å². The second kappa shape index (κ2) is 8.55. The summed E-state index contributed by atoms with van der Waals surface area (Å²) in [5.74, 6) is -2.05. The summed E-state index contributed by atoms with van der Waals surface area (Å²) >= 11 is 0. The van der Waals surface area contributed by atoms with Crippen LogP contribution in [0.3, 0.4) is 0 Å². The second-order valence-corrected chi connectivity index (χ2v) is 3.87. The molecule has 1 rings (SSSR count). The molecule has 0 aliphatic rings. The fourth-order valence-electron chi connectivity index (χ4n) is 1.41. The zero-order chi connectivity index (χ0) is 14.1. The summed E-state index contributed by atoms with van der Waals surface area (Å²) in [7, 11) is 1.59. The summed E-state index contributed by atoms with van der Waals surface area (Å²) in [5.41, 5.74) is -0.0298. The van der Waals surface area contributed by atoms with Crippen LogP contribution in [0.5, 0.6) is 0 Å². The molecule has 0 unspecified atom stereocenters. The number of ether oxygens (including phenoxy) is 2. The minimum Gasteiger partial charge on any atom is -0.382 e. The van der Waals surface area contributed by atoms with E-state index in [9.17, 15) is 13.6 Å². The predicted molar refractivity (Wildman–Crippen MR) is 66.0 cm³/mol. The lowest BCUT2D eigenvalue weighted by Crippen LogP contribution is -2.25. The third kappa shape index (κ3) is 6.26. The highest BCUT2D eigenvalue weighted by molar-refractivity contribution is 5.94. The molecule has 1 amide bonds. The summed E-state index contributed by atoms with van der Waals surface area (Å²) in [6.07, 6.45) is 0.618. The standard InChI is InChI=1S/C13H17F2NO3/c1-18-5-6-19-4-2-3-16-13(17)10-7-11(14)9-12(15)8-10/h7-9H,2-6H2,1H3,(H,16,17). The number of amides is 1. The first kappa shape index (κ1) is 15.5. The molecule has 0 aliphatic heterocycles. The molecule has 106 valence electrons. The van der Waals surface area contributed by atoms with E-state index < -0.39 is 17.5 Å². The van der Waals surface area contributed by atoms with E-state index in [0.29, 0.717) is 32.8 Å². The molecule has 0 aliphatic carbocycles. The van der Waals surface area contributed by atoms with Gasteiger partial charge in [0.15, 0.2) is 0 Å². The van der Waals surface area contributed by atoms with Crippen molar-refractivity contribution in [2.45, 2.75) is 6.42 Å². The average Bonchev–Trinajstić information content (AvgIpc) is 2.36. The van der Waals surface area contributed by atoms with Crippen molar-refractivity contribution in [2.24, 2.45) is 0 Å². The van der Waals surface area contributed by atoms with Gasteiger partial charge >= 0.3 is 0 Å². The molecule has 4 nitrogen and oxygen atoms in total. The number of benzene rings is 1. The number of carbonyl (C=O) groups is 1. The van der Waals surface area contributed by atoms with Crippen LogP contribution in [0.15, 0.2) is 18.2 Å². The molecule has 0 fully saturated rings. The third-order valence-corrected chi connectivity index (χ3v) is 2.31. The Hall–Kier alpha value is -1.53. The molecule has 19 heavy (non-hydrogen) atoms. The Balaban J connectivity index is 2.24. The van der Waals surface area contributed by atoms with Gasteiger partial charge in [-0.1, -0.05) is 0 Å². The quantitative estimate of drug-likeness (QED) is 0.734. The normalized spacial score (nSPS) is 10.5. The first-order chi connectivity index (χ1) is 9.13. The van der Waals surface area contributed by atoms with Crippen molar-refractivity contribution in [3.8, 4) is 0 Å². The fourth-order valence-corrected chi connectivity index (χ4v) is 1.41. The van der Waals surface area contributed by atoms with Crippen LogP contribution < -0.4 is 5.32 Å². The Morgan fingerprint density at radius 1 is 1.16 bits per heavy atom. The molecule has 1 aromatic rings. The van der Waals surface area contributed by atoms with E-state index in [-0.39, 0.29) is 5.56 Å². The Labute approximate surface area is 110 Å². The Morgan fingerprint density at radius 2 is 1.84 bits per heavy atom. The summed E-state index contributed by atoms with van der Waals surface area (Å²) in [6, 6.07) is 2.71. The van der Waals surface area contributed by atoms with Crippen LogP contribution >= 0.6 is 0 Å². The molecule has 1 aromatic carbocycles. The second-order valence-electron chi connectivity index (χ2n) is 3.87. The van der Waals surface area contributed by atoms with Gasteiger partial charge in [0, 0.05) is 31.9 Å². The first-order valence-corrected chi connectivity index (χ1v) is 5.94. The van der Waals surface area contributed by atoms with Crippen molar-refractivity contribution in [3.63, 3.8) is 0 Å². The first-order valence-electron chi connectivity index (χ1n) is 5.94. The van der Waals surface area contributed by atoms with E-state index in [2.05, 4.69) is 5.32 Å². The van der Waals surface area contributed by atoms with E-state index in [1.165, 1.54) is 0 Å². The van der Waals surface area contributed by atoms with E-state index in [4.69, 9.17) is 9.47 Å². The number of methoxy groups -OCH3 is 1. The highest BCUT2D eigenvalue weighted by atomic mass is 19.1. The summed E-state index contributed by atoms with van der Waals surface area (Å²) in [5, 5.41) is 2.56. The Morgan fingerprint density at radius 3 is 2.47 bits per heavy atom. The number of halogens is 2. The van der Waals surface area contributed by atoms with Gasteiger partial charge in [-0.15, -0.1) is 0 Å². The van der Waals surface area contributed by atoms with Gasteiger partial charge in [0.1, 0.15) is 11.6 Å². The molecule has 0 radical (unpaired) electrons. The molecule has 0 saturated carbocycles. The average molecular weight is 273 g/mol. The van der Waals surface area contributed by atoms with Crippen molar-refractivity contribution in [3.05, 3.63) is 35.4 Å². The smallest absolute Gasteiger partial charge is 0.251 e. The maximum absolute atomic E-state index is 12.9. The van der Waals surface area contributed by atoms with Gasteiger partial charge in [-0.3, -0.25) is 4.79 Å². The van der Waals surface area contributed by atoms with E-state index in [1.807, 2.05) is 0 Å². The lowest BCUT2D eigenvalue weighted by Gasteiger charge is -2.06. The van der Waals surface area contributed by atoms with E-state index in [1.54, 1.807) is 7.11 Å². The van der Waals surface area contributed by atoms with Crippen LogP contribution in [0.4, 0.5) is 8.78 Å². The zero-order valence-corrected chi connectivity index (χ0v) is 10.7. The van der Waals surface area contributed by atoms with Gasteiger partial charge in [0.05, 0.1) is 13.2 Å². The molecule has 0 atom stereocenters.